The van der Waals surface area contributed by atoms with Crippen molar-refractivity contribution in [2.75, 3.05) is 6.61 Å². The van der Waals surface area contributed by atoms with Crippen LogP contribution in [0, 0.1) is 0 Å². The zero-order valence-corrected chi connectivity index (χ0v) is 19.5. The molecule has 1 aromatic rings. The van der Waals surface area contributed by atoms with Crippen molar-refractivity contribution < 1.29 is 14.6 Å². The molecule has 1 atom stereocenters. The van der Waals surface area contributed by atoms with Crippen LogP contribution in [0.25, 0.3) is 0 Å². The van der Waals surface area contributed by atoms with E-state index in [4.69, 9.17) is 9.84 Å². The number of carbonyl (C=O) groups excluding carboxylic acids is 1. The fraction of sp³-hybridized carbons (Fsp3) is 0.741. The molecule has 0 aromatic heterocycles. The Labute approximate surface area is 185 Å². The summed E-state index contributed by atoms with van der Waals surface area (Å²) in [5, 5.41) is 8.76. The van der Waals surface area contributed by atoms with E-state index in [1.807, 2.05) is 18.2 Å². The van der Waals surface area contributed by atoms with Crippen molar-refractivity contribution in [1.82, 2.24) is 0 Å². The third kappa shape index (κ3) is 15.5. The Morgan fingerprint density at radius 2 is 1.33 bits per heavy atom. The molecule has 3 nitrogen and oxygen atoms in total. The van der Waals surface area contributed by atoms with Crippen LogP contribution in [0.4, 0.5) is 0 Å². The molecule has 0 bridgehead atoms. The minimum Gasteiger partial charge on any atom is -0.462 e. The summed E-state index contributed by atoms with van der Waals surface area (Å²) in [5.74, 6) is -0.0475. The number of aliphatic hydroxyl groups is 1. The number of carbonyl (C=O) groups is 1. The summed E-state index contributed by atoms with van der Waals surface area (Å²) < 4.78 is 5.77. The van der Waals surface area contributed by atoms with Crippen LogP contribution in [0.5, 0.6) is 0 Å². The van der Waals surface area contributed by atoms with Crippen molar-refractivity contribution in [2.24, 2.45) is 0 Å². The lowest BCUT2D eigenvalue weighted by Crippen LogP contribution is -2.18. The van der Waals surface area contributed by atoms with Crippen molar-refractivity contribution in [3.05, 3.63) is 35.9 Å². The summed E-state index contributed by atoms with van der Waals surface area (Å²) in [5.41, 5.74) is 1.20. The normalized spacial score (nSPS) is 12.1. The van der Waals surface area contributed by atoms with Gasteiger partial charge in [0, 0.05) is 13.0 Å². The van der Waals surface area contributed by atoms with Crippen molar-refractivity contribution in [2.45, 2.75) is 122 Å². The zero-order valence-electron chi connectivity index (χ0n) is 19.5. The van der Waals surface area contributed by atoms with Gasteiger partial charge in [-0.2, -0.15) is 0 Å². The highest BCUT2D eigenvalue weighted by Gasteiger charge is 2.13. The summed E-state index contributed by atoms with van der Waals surface area (Å²) in [7, 11) is 0. The molecule has 1 aromatic carbocycles. The molecule has 0 aliphatic carbocycles. The topological polar surface area (TPSA) is 46.5 Å². The predicted molar refractivity (Wildman–Crippen MR) is 127 cm³/mol. The Kier molecular flexibility index (Phi) is 17.4. The second-order valence-corrected chi connectivity index (χ2v) is 8.64. The number of esters is 1. The lowest BCUT2D eigenvalue weighted by Gasteiger charge is -2.17. The van der Waals surface area contributed by atoms with E-state index < -0.39 is 0 Å². The molecule has 1 unspecified atom stereocenters. The molecular formula is C27H46O3. The summed E-state index contributed by atoms with van der Waals surface area (Å²) in [6.45, 7) is 2.51. The highest BCUT2D eigenvalue weighted by molar-refractivity contribution is 5.69. The van der Waals surface area contributed by atoms with E-state index in [0.29, 0.717) is 13.0 Å². The van der Waals surface area contributed by atoms with Crippen LogP contribution < -0.4 is 0 Å². The number of rotatable bonds is 20. The largest absolute Gasteiger partial charge is 0.462 e. The predicted octanol–water partition coefficient (Wildman–Crippen LogP) is 7.39. The van der Waals surface area contributed by atoms with Crippen molar-refractivity contribution in [3.8, 4) is 0 Å². The SMILES string of the molecule is CCCC(CCCCCCCCCCCCCCO)OC(=O)CCc1ccccc1. The molecule has 0 spiro atoms. The minimum atomic E-state index is -0.0475. The molecule has 1 N–H and O–H groups in total. The first-order valence-corrected chi connectivity index (χ1v) is 12.6. The number of benzene rings is 1. The Morgan fingerprint density at radius 3 is 1.87 bits per heavy atom. The molecule has 1 rings (SSSR count). The summed E-state index contributed by atoms with van der Waals surface area (Å²) in [6, 6.07) is 10.2. The van der Waals surface area contributed by atoms with E-state index in [9.17, 15) is 4.79 Å². The molecule has 0 saturated carbocycles. The molecule has 0 fully saturated rings. The minimum absolute atomic E-state index is 0.0475. The third-order valence-electron chi connectivity index (χ3n) is 5.80. The molecular weight excluding hydrogens is 372 g/mol. The first kappa shape index (κ1) is 26.7. The Balaban J connectivity index is 1.99. The monoisotopic (exact) mass is 418 g/mol. The number of aryl methyl sites for hydroxylation is 1. The Hall–Kier alpha value is -1.35. The maximum atomic E-state index is 12.2. The van der Waals surface area contributed by atoms with Gasteiger partial charge in [-0.15, -0.1) is 0 Å². The molecule has 172 valence electrons. The first-order valence-electron chi connectivity index (χ1n) is 12.6. The summed E-state index contributed by atoms with van der Waals surface area (Å²) >= 11 is 0. The van der Waals surface area contributed by atoms with E-state index in [0.717, 1.165) is 32.1 Å². The second kappa shape index (κ2) is 19.6. The number of hydrogen-bond donors (Lipinski definition) is 1. The van der Waals surface area contributed by atoms with Gasteiger partial charge in [-0.1, -0.05) is 108 Å². The lowest BCUT2D eigenvalue weighted by atomic mass is 10.0. The molecule has 0 radical (unpaired) electrons. The van der Waals surface area contributed by atoms with Crippen LogP contribution in [0.1, 0.15) is 115 Å². The average Bonchev–Trinajstić information content (AvgIpc) is 2.76. The molecule has 0 saturated heterocycles. The van der Waals surface area contributed by atoms with Crippen LogP contribution >= 0.6 is 0 Å². The van der Waals surface area contributed by atoms with E-state index in [1.165, 1.54) is 76.2 Å². The van der Waals surface area contributed by atoms with Gasteiger partial charge in [0.1, 0.15) is 6.10 Å². The van der Waals surface area contributed by atoms with Gasteiger partial charge in [-0.25, -0.2) is 0 Å². The van der Waals surface area contributed by atoms with E-state index in [2.05, 4.69) is 19.1 Å². The highest BCUT2D eigenvalue weighted by atomic mass is 16.5. The maximum absolute atomic E-state index is 12.2. The van der Waals surface area contributed by atoms with Crippen molar-refractivity contribution >= 4 is 5.97 Å². The molecule has 0 aliphatic rings. The van der Waals surface area contributed by atoms with Crippen LogP contribution in [0.15, 0.2) is 30.3 Å². The van der Waals surface area contributed by atoms with Crippen LogP contribution in [0.2, 0.25) is 0 Å². The number of hydrogen-bond acceptors (Lipinski definition) is 3. The second-order valence-electron chi connectivity index (χ2n) is 8.64. The van der Waals surface area contributed by atoms with Gasteiger partial charge in [0.15, 0.2) is 0 Å². The summed E-state index contributed by atoms with van der Waals surface area (Å²) in [4.78, 5) is 12.2. The van der Waals surface area contributed by atoms with E-state index in [-0.39, 0.29) is 12.1 Å². The van der Waals surface area contributed by atoms with Gasteiger partial charge in [-0.05, 0) is 37.7 Å². The number of ether oxygens (including phenoxy) is 1. The van der Waals surface area contributed by atoms with Crippen LogP contribution in [0.3, 0.4) is 0 Å². The molecule has 0 heterocycles. The Bertz CT molecular complexity index is 500. The Morgan fingerprint density at radius 1 is 0.800 bits per heavy atom. The lowest BCUT2D eigenvalue weighted by molar-refractivity contribution is -0.149. The van der Waals surface area contributed by atoms with E-state index >= 15 is 0 Å². The van der Waals surface area contributed by atoms with Gasteiger partial charge in [0.2, 0.25) is 0 Å². The molecule has 3 heteroatoms. The average molecular weight is 419 g/mol. The zero-order chi connectivity index (χ0) is 21.7. The van der Waals surface area contributed by atoms with E-state index in [1.54, 1.807) is 0 Å². The van der Waals surface area contributed by atoms with Gasteiger partial charge in [0.05, 0.1) is 0 Å². The molecule has 0 aliphatic heterocycles. The smallest absolute Gasteiger partial charge is 0.306 e. The van der Waals surface area contributed by atoms with Gasteiger partial charge in [0.25, 0.3) is 0 Å². The van der Waals surface area contributed by atoms with Gasteiger partial charge < -0.3 is 9.84 Å². The van der Waals surface area contributed by atoms with Crippen molar-refractivity contribution in [1.29, 1.82) is 0 Å². The fourth-order valence-corrected chi connectivity index (χ4v) is 3.97. The standard InChI is InChI=1S/C27H46O3/c1-2-18-26(30-27(29)23-22-25-19-14-13-15-20-25)21-16-11-9-7-5-3-4-6-8-10-12-17-24-28/h13-15,19-20,26,28H,2-12,16-18,21-24H2,1H3. The first-order chi connectivity index (χ1) is 14.8. The molecule has 0 amide bonds. The number of unbranched alkanes of at least 4 members (excludes halogenated alkanes) is 11. The fourth-order valence-electron chi connectivity index (χ4n) is 3.97. The highest BCUT2D eigenvalue weighted by Crippen LogP contribution is 2.16. The van der Waals surface area contributed by atoms with Crippen molar-refractivity contribution in [3.63, 3.8) is 0 Å². The van der Waals surface area contributed by atoms with Gasteiger partial charge >= 0.3 is 5.97 Å². The summed E-state index contributed by atoms with van der Waals surface area (Å²) in [6.07, 6.45) is 19.6. The maximum Gasteiger partial charge on any atom is 0.306 e. The number of aliphatic hydroxyl groups excluding tert-OH is 1. The third-order valence-corrected chi connectivity index (χ3v) is 5.80. The van der Waals surface area contributed by atoms with Crippen LogP contribution in [-0.4, -0.2) is 23.8 Å². The molecule has 30 heavy (non-hydrogen) atoms. The quantitative estimate of drug-likeness (QED) is 0.177. The van der Waals surface area contributed by atoms with Gasteiger partial charge in [-0.3, -0.25) is 4.79 Å². The van der Waals surface area contributed by atoms with Crippen LogP contribution in [-0.2, 0) is 16.0 Å².